The first-order valence-electron chi connectivity index (χ1n) is 10.1. The Balaban J connectivity index is 1.66. The highest BCUT2D eigenvalue weighted by Crippen LogP contribution is 2.35. The normalized spacial score (nSPS) is 15.8. The minimum Gasteiger partial charge on any atom is -0.368 e. The Morgan fingerprint density at radius 1 is 1.12 bits per heavy atom. The van der Waals surface area contributed by atoms with Crippen LogP contribution in [0.4, 0.5) is 29.1 Å². The van der Waals surface area contributed by atoms with Crippen LogP contribution in [0, 0.1) is 12.7 Å². The first-order valence-corrected chi connectivity index (χ1v) is 10.1. The predicted molar refractivity (Wildman–Crippen MR) is 116 cm³/mol. The highest BCUT2D eigenvalue weighted by atomic mass is 19.4. The van der Waals surface area contributed by atoms with Crippen LogP contribution in [0.3, 0.4) is 0 Å². The third kappa shape index (κ3) is 4.07. The van der Waals surface area contributed by atoms with E-state index < -0.39 is 23.7 Å². The minimum atomic E-state index is -4.81. The Hall–Kier alpha value is -2.98. The maximum Gasteiger partial charge on any atom is 0.419 e. The lowest BCUT2D eigenvalue weighted by atomic mass is 10.0. The maximum atomic E-state index is 14.5. The van der Waals surface area contributed by atoms with Gasteiger partial charge in [0.05, 0.1) is 11.3 Å². The summed E-state index contributed by atoms with van der Waals surface area (Å²) >= 11 is 0. The van der Waals surface area contributed by atoms with Gasteiger partial charge in [0.25, 0.3) is 0 Å². The Morgan fingerprint density at radius 2 is 1.84 bits per heavy atom. The van der Waals surface area contributed by atoms with Crippen molar-refractivity contribution in [2.75, 3.05) is 37.4 Å². The number of rotatable bonds is 5. The van der Waals surface area contributed by atoms with E-state index in [0.29, 0.717) is 23.2 Å². The third-order valence-corrected chi connectivity index (χ3v) is 5.87. The lowest BCUT2D eigenvalue weighted by molar-refractivity contribution is -0.140. The zero-order valence-corrected chi connectivity index (χ0v) is 17.9. The molecule has 3 N–H and O–H groups in total. The molecule has 1 saturated heterocycles. The summed E-state index contributed by atoms with van der Waals surface area (Å²) in [5, 5.41) is 12.7. The smallest absolute Gasteiger partial charge is 0.368 e. The van der Waals surface area contributed by atoms with Crippen molar-refractivity contribution in [3.63, 3.8) is 0 Å². The fraction of sp³-hybridized carbons (Fsp3) is 0.364. The summed E-state index contributed by atoms with van der Waals surface area (Å²) < 4.78 is 53.8. The van der Waals surface area contributed by atoms with Gasteiger partial charge in [-0.15, -0.1) is 5.10 Å². The number of aromatic nitrogens is 2. The molecule has 1 aliphatic rings. The van der Waals surface area contributed by atoms with Gasteiger partial charge < -0.3 is 20.9 Å². The number of hydrogen-bond donors (Lipinski definition) is 2. The van der Waals surface area contributed by atoms with Crippen molar-refractivity contribution in [2.24, 2.45) is 5.73 Å². The van der Waals surface area contributed by atoms with Gasteiger partial charge in [-0.2, -0.15) is 18.3 Å². The van der Waals surface area contributed by atoms with Gasteiger partial charge in [-0.1, -0.05) is 18.2 Å². The molecule has 32 heavy (non-hydrogen) atoms. The van der Waals surface area contributed by atoms with Gasteiger partial charge in [0, 0.05) is 41.2 Å². The van der Waals surface area contributed by atoms with Gasteiger partial charge in [-0.25, -0.2) is 4.39 Å². The fourth-order valence-corrected chi connectivity index (χ4v) is 3.81. The van der Waals surface area contributed by atoms with E-state index in [1.807, 2.05) is 39.2 Å². The molecule has 10 heteroatoms. The average molecular weight is 448 g/mol. The average Bonchev–Trinajstić information content (AvgIpc) is 2.68. The molecule has 1 aliphatic heterocycles. The molecule has 1 fully saturated rings. The number of benzene rings is 2. The van der Waals surface area contributed by atoms with Crippen LogP contribution in [0.1, 0.15) is 23.0 Å². The molecule has 2 heterocycles. The van der Waals surface area contributed by atoms with Crippen LogP contribution in [-0.4, -0.2) is 48.3 Å². The molecular weight excluding hydrogens is 424 g/mol. The van der Waals surface area contributed by atoms with Crippen LogP contribution < -0.4 is 16.0 Å². The van der Waals surface area contributed by atoms with Crippen molar-refractivity contribution in [1.82, 2.24) is 15.1 Å². The van der Waals surface area contributed by atoms with Gasteiger partial charge in [-0.3, -0.25) is 0 Å². The summed E-state index contributed by atoms with van der Waals surface area (Å²) in [6.45, 7) is 3.58. The van der Waals surface area contributed by atoms with E-state index in [1.165, 1.54) is 6.07 Å². The van der Waals surface area contributed by atoms with E-state index in [9.17, 15) is 17.6 Å². The highest BCUT2D eigenvalue weighted by Gasteiger charge is 2.35. The summed E-state index contributed by atoms with van der Waals surface area (Å²) in [5.41, 5.74) is 6.08. The molecule has 0 saturated carbocycles. The maximum absolute atomic E-state index is 14.5. The second kappa shape index (κ2) is 8.18. The zero-order valence-electron chi connectivity index (χ0n) is 17.9. The van der Waals surface area contributed by atoms with E-state index in [0.717, 1.165) is 30.2 Å². The second-order valence-electron chi connectivity index (χ2n) is 8.21. The number of fused-ring (bicyclic) bond motifs is 1. The molecule has 0 radical (unpaired) electrons. The molecule has 0 unspecified atom stereocenters. The molecule has 0 bridgehead atoms. The van der Waals surface area contributed by atoms with E-state index >= 15 is 0 Å². The van der Waals surface area contributed by atoms with E-state index in [1.54, 1.807) is 0 Å². The minimum absolute atomic E-state index is 0.279. The Morgan fingerprint density at radius 3 is 2.50 bits per heavy atom. The molecule has 0 spiro atoms. The van der Waals surface area contributed by atoms with Gasteiger partial charge in [-0.05, 0) is 39.2 Å². The SMILES string of the molecule is Cc1nnc(N[C@H](N)c2cccc(C(F)(F)F)c2F)c2cc(N3CC(N(C)C)C3)ccc12. The first kappa shape index (κ1) is 22.2. The van der Waals surface area contributed by atoms with Gasteiger partial charge >= 0.3 is 6.18 Å². The molecular formula is C22H24F4N6. The van der Waals surface area contributed by atoms with Crippen molar-refractivity contribution >= 4 is 22.3 Å². The Labute approximate surface area is 183 Å². The molecule has 6 nitrogen and oxygen atoms in total. The number of anilines is 2. The van der Waals surface area contributed by atoms with Crippen LogP contribution in [0.5, 0.6) is 0 Å². The van der Waals surface area contributed by atoms with Crippen LogP contribution in [0.15, 0.2) is 36.4 Å². The number of nitrogens with zero attached hydrogens (tertiary/aromatic N) is 4. The molecule has 0 aliphatic carbocycles. The number of likely N-dealkylation sites (N-methyl/N-ethyl adjacent to an activating group) is 1. The number of nitrogens with one attached hydrogen (secondary N) is 1. The molecule has 2 aromatic carbocycles. The number of nitrogens with two attached hydrogens (primary N) is 1. The van der Waals surface area contributed by atoms with Crippen LogP contribution in [0.2, 0.25) is 0 Å². The van der Waals surface area contributed by atoms with Crippen molar-refractivity contribution in [2.45, 2.75) is 25.3 Å². The van der Waals surface area contributed by atoms with Gasteiger partial charge in [0.2, 0.25) is 0 Å². The summed E-state index contributed by atoms with van der Waals surface area (Å²) in [5.74, 6) is -1.12. The number of halogens is 4. The summed E-state index contributed by atoms with van der Waals surface area (Å²) in [6, 6.07) is 9.38. The molecule has 4 rings (SSSR count). The highest BCUT2D eigenvalue weighted by molar-refractivity contribution is 5.95. The number of hydrogen-bond acceptors (Lipinski definition) is 6. The first-order chi connectivity index (χ1) is 15.1. The van der Waals surface area contributed by atoms with E-state index in [-0.39, 0.29) is 11.4 Å². The van der Waals surface area contributed by atoms with E-state index in [2.05, 4.69) is 25.3 Å². The van der Waals surface area contributed by atoms with Crippen molar-refractivity contribution in [3.8, 4) is 0 Å². The Kier molecular flexibility index (Phi) is 5.68. The lowest BCUT2D eigenvalue weighted by Crippen LogP contribution is -2.57. The van der Waals surface area contributed by atoms with Gasteiger partial charge in [0.15, 0.2) is 5.82 Å². The lowest BCUT2D eigenvalue weighted by Gasteiger charge is -2.44. The second-order valence-corrected chi connectivity index (χ2v) is 8.21. The van der Waals surface area contributed by atoms with E-state index in [4.69, 9.17) is 5.73 Å². The fourth-order valence-electron chi connectivity index (χ4n) is 3.81. The monoisotopic (exact) mass is 448 g/mol. The number of alkyl halides is 3. The predicted octanol–water partition coefficient (Wildman–Crippen LogP) is 3.92. The van der Waals surface area contributed by atoms with Crippen LogP contribution in [0.25, 0.3) is 10.8 Å². The molecule has 1 aromatic heterocycles. The van der Waals surface area contributed by atoms with Crippen molar-refractivity contribution in [1.29, 1.82) is 0 Å². The van der Waals surface area contributed by atoms with Crippen molar-refractivity contribution in [3.05, 3.63) is 59.0 Å². The summed E-state index contributed by atoms with van der Waals surface area (Å²) in [6.07, 6.45) is -6.06. The van der Waals surface area contributed by atoms with Gasteiger partial charge in [0.1, 0.15) is 12.0 Å². The Bertz CT molecular complexity index is 1140. The van der Waals surface area contributed by atoms with Crippen LogP contribution in [-0.2, 0) is 6.18 Å². The summed E-state index contributed by atoms with van der Waals surface area (Å²) in [7, 11) is 4.08. The molecule has 3 aromatic rings. The zero-order chi connectivity index (χ0) is 23.2. The summed E-state index contributed by atoms with van der Waals surface area (Å²) in [4.78, 5) is 4.39. The molecule has 0 amide bonds. The molecule has 1 atom stereocenters. The quantitative estimate of drug-likeness (QED) is 0.456. The van der Waals surface area contributed by atoms with Crippen molar-refractivity contribution < 1.29 is 17.6 Å². The van der Waals surface area contributed by atoms with Crippen LogP contribution >= 0.6 is 0 Å². The third-order valence-electron chi connectivity index (χ3n) is 5.87. The standard InChI is InChI=1S/C22H24F4N6/c1-12-15-8-7-13(32-10-14(11-32)31(2)3)9-17(15)21(30-29-12)28-20(27)16-5-4-6-18(19(16)23)22(24,25)26/h4-9,14,20H,10-11,27H2,1-3H3,(H,28,30)/t20-/m0/s1. The number of aryl methyl sites for hydroxylation is 1. The topological polar surface area (TPSA) is 70.3 Å². The molecule has 170 valence electrons. The largest absolute Gasteiger partial charge is 0.419 e.